The van der Waals surface area contributed by atoms with Gasteiger partial charge in [0.05, 0.1) is 10.7 Å². The predicted octanol–water partition coefficient (Wildman–Crippen LogP) is 6.01. The third kappa shape index (κ3) is 6.30. The van der Waals surface area contributed by atoms with Crippen molar-refractivity contribution in [3.8, 4) is 11.8 Å². The summed E-state index contributed by atoms with van der Waals surface area (Å²) in [5, 5.41) is 10.7. The standard InChI is InChI=1S/C25H28F3N5O2S.C2H4/c1-15-12-18(31(3)17-7-9-19(10-8-17)35-25(26,27)28)6-5-11-33(14-15)22-20(13-29)23(34)32(4)24-21(22)30-16(2)36-24;1-2/h7-10,15,18H,5-6,11-12,14H2,1-4H3;1-2H2. The van der Waals surface area contributed by atoms with Gasteiger partial charge in [-0.25, -0.2) is 4.98 Å². The third-order valence-electron chi connectivity index (χ3n) is 6.63. The van der Waals surface area contributed by atoms with E-state index in [1.54, 1.807) is 19.2 Å². The summed E-state index contributed by atoms with van der Waals surface area (Å²) in [7, 11) is 3.62. The van der Waals surface area contributed by atoms with Crippen molar-refractivity contribution >= 4 is 33.1 Å². The molecule has 1 aliphatic rings. The van der Waals surface area contributed by atoms with Gasteiger partial charge >= 0.3 is 6.36 Å². The molecule has 4 rings (SSSR count). The van der Waals surface area contributed by atoms with E-state index >= 15 is 0 Å². The Labute approximate surface area is 224 Å². The number of aromatic nitrogens is 2. The smallest absolute Gasteiger partial charge is 0.406 e. The normalized spacial score (nSPS) is 18.1. The third-order valence-corrected chi connectivity index (χ3v) is 7.67. The summed E-state index contributed by atoms with van der Waals surface area (Å²) in [6.45, 7) is 11.4. The van der Waals surface area contributed by atoms with Crippen LogP contribution in [0.5, 0.6) is 5.75 Å². The molecule has 11 heteroatoms. The molecule has 0 bridgehead atoms. The van der Waals surface area contributed by atoms with Crippen LogP contribution >= 0.6 is 11.3 Å². The molecule has 0 saturated carbocycles. The number of halogens is 3. The van der Waals surface area contributed by atoms with Gasteiger partial charge < -0.3 is 19.1 Å². The first kappa shape index (κ1) is 29.0. The Hall–Kier alpha value is -3.52. The van der Waals surface area contributed by atoms with E-state index in [-0.39, 0.29) is 28.8 Å². The predicted molar refractivity (Wildman–Crippen MR) is 146 cm³/mol. The molecule has 204 valence electrons. The zero-order valence-corrected chi connectivity index (χ0v) is 22.8. The highest BCUT2D eigenvalue weighted by atomic mass is 32.1. The lowest BCUT2D eigenvalue weighted by molar-refractivity contribution is -0.274. The van der Waals surface area contributed by atoms with Crippen molar-refractivity contribution in [1.82, 2.24) is 9.55 Å². The number of benzene rings is 1. The van der Waals surface area contributed by atoms with Gasteiger partial charge in [-0.05, 0) is 56.4 Å². The maximum atomic E-state index is 12.9. The number of alkyl halides is 3. The Bertz CT molecular complexity index is 1360. The van der Waals surface area contributed by atoms with Gasteiger partial charge in [0, 0.05) is 38.9 Å². The quantitative estimate of drug-likeness (QED) is 0.373. The van der Waals surface area contributed by atoms with Gasteiger partial charge in [0.15, 0.2) is 0 Å². The fourth-order valence-electron chi connectivity index (χ4n) is 4.98. The number of hydrogen-bond acceptors (Lipinski definition) is 7. The Kier molecular flexibility index (Phi) is 9.09. The monoisotopic (exact) mass is 547 g/mol. The molecule has 0 N–H and O–H groups in total. The van der Waals surface area contributed by atoms with Crippen LogP contribution in [0.25, 0.3) is 10.3 Å². The second-order valence-corrected chi connectivity index (χ2v) is 10.5. The number of thiazole rings is 1. The highest BCUT2D eigenvalue weighted by Crippen LogP contribution is 2.34. The van der Waals surface area contributed by atoms with Gasteiger partial charge in [0.2, 0.25) is 0 Å². The lowest BCUT2D eigenvalue weighted by Gasteiger charge is -2.38. The van der Waals surface area contributed by atoms with Crippen LogP contribution in [0.15, 0.2) is 42.2 Å². The van der Waals surface area contributed by atoms with Crippen LogP contribution in [0.1, 0.15) is 36.8 Å². The molecule has 1 aliphatic heterocycles. The van der Waals surface area contributed by atoms with Crippen molar-refractivity contribution in [3.63, 3.8) is 0 Å². The Morgan fingerprint density at radius 2 is 1.92 bits per heavy atom. The van der Waals surface area contributed by atoms with Gasteiger partial charge in [-0.2, -0.15) is 5.26 Å². The van der Waals surface area contributed by atoms with Crippen molar-refractivity contribution in [3.05, 3.63) is 58.3 Å². The number of nitrogens with zero attached hydrogens (tertiary/aromatic N) is 5. The first-order valence-electron chi connectivity index (χ1n) is 12.2. The number of aryl methyl sites for hydroxylation is 2. The highest BCUT2D eigenvalue weighted by Gasteiger charge is 2.31. The van der Waals surface area contributed by atoms with Crippen molar-refractivity contribution in [1.29, 1.82) is 5.26 Å². The molecule has 2 unspecified atom stereocenters. The van der Waals surface area contributed by atoms with E-state index in [9.17, 15) is 23.2 Å². The Balaban J connectivity index is 0.00000195. The summed E-state index contributed by atoms with van der Waals surface area (Å²) in [5.74, 6) is -0.0109. The van der Waals surface area contributed by atoms with Gasteiger partial charge in [-0.3, -0.25) is 4.79 Å². The number of rotatable bonds is 4. The van der Waals surface area contributed by atoms with Crippen LogP contribution in [-0.2, 0) is 7.05 Å². The number of ether oxygens (including phenoxy) is 1. The molecule has 1 saturated heterocycles. The van der Waals surface area contributed by atoms with Crippen LogP contribution in [0.3, 0.4) is 0 Å². The van der Waals surface area contributed by atoms with Crippen molar-refractivity contribution in [2.75, 3.05) is 29.9 Å². The zero-order valence-electron chi connectivity index (χ0n) is 22.0. The number of anilines is 2. The molecule has 0 radical (unpaired) electrons. The van der Waals surface area contributed by atoms with E-state index in [1.807, 2.05) is 14.0 Å². The SMILES string of the molecule is C=C.Cc1nc2c(N3CCCC(N(C)c4ccc(OC(F)(F)F)cc4)CC(C)C3)c(C#N)c(=O)n(C)c2s1. The molecule has 3 aromatic rings. The lowest BCUT2D eigenvalue weighted by Crippen LogP contribution is -2.41. The zero-order chi connectivity index (χ0) is 28.2. The minimum Gasteiger partial charge on any atom is -0.406 e. The van der Waals surface area contributed by atoms with Crippen molar-refractivity contribution < 1.29 is 17.9 Å². The van der Waals surface area contributed by atoms with E-state index in [0.717, 1.165) is 34.8 Å². The Morgan fingerprint density at radius 1 is 1.26 bits per heavy atom. The number of pyridine rings is 1. The van der Waals surface area contributed by atoms with Gasteiger partial charge in [-0.15, -0.1) is 37.7 Å². The summed E-state index contributed by atoms with van der Waals surface area (Å²) >= 11 is 1.44. The number of nitriles is 1. The summed E-state index contributed by atoms with van der Waals surface area (Å²) in [6.07, 6.45) is -2.20. The molecule has 2 aromatic heterocycles. The van der Waals surface area contributed by atoms with Crippen molar-refractivity contribution in [2.45, 2.75) is 45.5 Å². The van der Waals surface area contributed by atoms with E-state index < -0.39 is 6.36 Å². The number of hydrogen-bond donors (Lipinski definition) is 0. The molecule has 38 heavy (non-hydrogen) atoms. The van der Waals surface area contributed by atoms with E-state index in [0.29, 0.717) is 24.3 Å². The molecule has 0 amide bonds. The molecular formula is C27H32F3N5O2S. The minimum atomic E-state index is -4.72. The lowest BCUT2D eigenvalue weighted by atomic mass is 9.93. The van der Waals surface area contributed by atoms with Crippen LogP contribution in [0, 0.1) is 24.2 Å². The molecule has 7 nitrogen and oxygen atoms in total. The average molecular weight is 548 g/mol. The topological polar surface area (TPSA) is 74.4 Å². The second kappa shape index (κ2) is 11.9. The maximum absolute atomic E-state index is 12.9. The van der Waals surface area contributed by atoms with Gasteiger partial charge in [-0.1, -0.05) is 6.92 Å². The first-order valence-corrected chi connectivity index (χ1v) is 13.0. The van der Waals surface area contributed by atoms with E-state index in [4.69, 9.17) is 0 Å². The number of fused-ring (bicyclic) bond motifs is 1. The molecule has 1 fully saturated rings. The van der Waals surface area contributed by atoms with Gasteiger partial charge in [0.25, 0.3) is 5.56 Å². The largest absolute Gasteiger partial charge is 0.573 e. The molecule has 2 atom stereocenters. The van der Waals surface area contributed by atoms with Crippen LogP contribution < -0.4 is 20.1 Å². The summed E-state index contributed by atoms with van der Waals surface area (Å²) in [4.78, 5) is 22.6. The van der Waals surface area contributed by atoms with E-state index in [1.165, 1.54) is 28.0 Å². The molecule has 0 spiro atoms. The van der Waals surface area contributed by atoms with Crippen molar-refractivity contribution in [2.24, 2.45) is 13.0 Å². The van der Waals surface area contributed by atoms with Crippen LogP contribution in [0.4, 0.5) is 24.5 Å². The average Bonchev–Trinajstić information content (AvgIpc) is 3.25. The van der Waals surface area contributed by atoms with Gasteiger partial charge in [0.1, 0.15) is 27.7 Å². The summed E-state index contributed by atoms with van der Waals surface area (Å²) < 4.78 is 42.9. The first-order chi connectivity index (χ1) is 18.0. The fraction of sp³-hybridized carbons (Fsp3) is 0.444. The molecular weight excluding hydrogens is 515 g/mol. The summed E-state index contributed by atoms with van der Waals surface area (Å²) in [6, 6.07) is 8.24. The van der Waals surface area contributed by atoms with Crippen LogP contribution in [0.2, 0.25) is 0 Å². The minimum absolute atomic E-state index is 0.123. The second-order valence-electron chi connectivity index (χ2n) is 9.32. The van der Waals surface area contributed by atoms with E-state index in [2.05, 4.69) is 45.7 Å². The molecule has 3 heterocycles. The fourth-order valence-corrected chi connectivity index (χ4v) is 5.85. The maximum Gasteiger partial charge on any atom is 0.573 e. The molecule has 1 aromatic carbocycles. The summed E-state index contributed by atoms with van der Waals surface area (Å²) in [5.41, 5.74) is 1.95. The highest BCUT2D eigenvalue weighted by molar-refractivity contribution is 7.18. The van der Waals surface area contributed by atoms with Crippen LogP contribution in [-0.4, -0.2) is 42.1 Å². The Morgan fingerprint density at radius 3 is 2.53 bits per heavy atom. The molecule has 0 aliphatic carbocycles.